The summed E-state index contributed by atoms with van der Waals surface area (Å²) in [6, 6.07) is -0.619. The first kappa shape index (κ1) is 15.1. The smallest absolute Gasteiger partial charge is 0.407 e. The molecule has 1 atom stereocenters. The Bertz CT molecular complexity index is 223. The second-order valence-corrected chi connectivity index (χ2v) is 4.12. The van der Waals surface area contributed by atoms with Gasteiger partial charge in [0.1, 0.15) is 6.04 Å². The number of ether oxygens (including phenoxy) is 2. The van der Waals surface area contributed by atoms with Gasteiger partial charge in [-0.25, -0.2) is 9.59 Å². The van der Waals surface area contributed by atoms with Crippen molar-refractivity contribution in [2.24, 2.45) is 0 Å². The van der Waals surface area contributed by atoms with E-state index in [0.717, 1.165) is 12.2 Å². The van der Waals surface area contributed by atoms with E-state index in [0.29, 0.717) is 13.0 Å². The third kappa shape index (κ3) is 6.55. The number of alkyl carbamates (subject to hydrolysis) is 1. The van der Waals surface area contributed by atoms with E-state index in [4.69, 9.17) is 4.74 Å². The molecular formula is C10H19NO4S. The molecule has 0 spiro atoms. The van der Waals surface area contributed by atoms with Gasteiger partial charge in [-0.1, -0.05) is 6.92 Å². The van der Waals surface area contributed by atoms with E-state index in [1.54, 1.807) is 11.8 Å². The van der Waals surface area contributed by atoms with Crippen molar-refractivity contribution in [3.8, 4) is 0 Å². The topological polar surface area (TPSA) is 64.6 Å². The molecule has 0 aliphatic rings. The van der Waals surface area contributed by atoms with Crippen LogP contribution in [-0.4, -0.2) is 43.8 Å². The lowest BCUT2D eigenvalue weighted by atomic mass is 10.2. The summed E-state index contributed by atoms with van der Waals surface area (Å²) in [7, 11) is 1.26. The Hall–Kier alpha value is -0.910. The minimum Gasteiger partial charge on any atom is -0.464 e. The predicted octanol–water partition coefficient (Wildman–Crippen LogP) is 1.42. The Labute approximate surface area is 100 Å². The van der Waals surface area contributed by atoms with Crippen LogP contribution in [-0.2, 0) is 14.3 Å². The number of hydrogen-bond donors (Lipinski definition) is 1. The van der Waals surface area contributed by atoms with Crippen molar-refractivity contribution < 1.29 is 19.1 Å². The molecule has 5 nitrogen and oxygen atoms in total. The van der Waals surface area contributed by atoms with Gasteiger partial charge in [0.25, 0.3) is 0 Å². The maximum atomic E-state index is 11.6. The fourth-order valence-electron chi connectivity index (χ4n) is 0.989. The molecule has 0 aliphatic carbocycles. The highest BCUT2D eigenvalue weighted by molar-refractivity contribution is 7.98. The summed E-state index contributed by atoms with van der Waals surface area (Å²) in [4.78, 5) is 22.6. The number of carbonyl (C=O) groups is 2. The molecule has 16 heavy (non-hydrogen) atoms. The number of hydrogen-bond acceptors (Lipinski definition) is 5. The first-order chi connectivity index (χ1) is 7.65. The van der Waals surface area contributed by atoms with Crippen molar-refractivity contribution in [3.05, 3.63) is 0 Å². The molecule has 94 valence electrons. The summed E-state index contributed by atoms with van der Waals surface area (Å²) in [5.41, 5.74) is 0. The standard InChI is InChI=1S/C10H19NO4S/c1-4-6-15-9(12)8(5-7-16-3)11-10(13)14-2/h8H,4-7H2,1-3H3,(H,11,13)/t8-/m0/s1. The van der Waals surface area contributed by atoms with Gasteiger partial charge in [0.2, 0.25) is 0 Å². The lowest BCUT2D eigenvalue weighted by Gasteiger charge is -2.16. The summed E-state index contributed by atoms with van der Waals surface area (Å²) in [6.45, 7) is 2.29. The van der Waals surface area contributed by atoms with Crippen LogP contribution >= 0.6 is 11.8 Å². The quantitative estimate of drug-likeness (QED) is 0.691. The van der Waals surface area contributed by atoms with Crippen LogP contribution in [0.3, 0.4) is 0 Å². The van der Waals surface area contributed by atoms with E-state index in [-0.39, 0.29) is 0 Å². The van der Waals surface area contributed by atoms with Gasteiger partial charge in [-0.2, -0.15) is 11.8 Å². The highest BCUT2D eigenvalue weighted by atomic mass is 32.2. The maximum Gasteiger partial charge on any atom is 0.407 e. The lowest BCUT2D eigenvalue weighted by molar-refractivity contribution is -0.146. The van der Waals surface area contributed by atoms with Crippen LogP contribution in [0.25, 0.3) is 0 Å². The Morgan fingerprint density at radius 2 is 2.12 bits per heavy atom. The maximum absolute atomic E-state index is 11.6. The SMILES string of the molecule is CCCOC(=O)[C@H](CCSC)NC(=O)OC. The van der Waals surface area contributed by atoms with E-state index in [1.807, 2.05) is 13.2 Å². The molecular weight excluding hydrogens is 230 g/mol. The van der Waals surface area contributed by atoms with Gasteiger partial charge in [0.15, 0.2) is 0 Å². The van der Waals surface area contributed by atoms with Crippen molar-refractivity contribution in [2.45, 2.75) is 25.8 Å². The van der Waals surface area contributed by atoms with E-state index in [1.165, 1.54) is 7.11 Å². The number of amides is 1. The van der Waals surface area contributed by atoms with Gasteiger partial charge in [-0.05, 0) is 24.9 Å². The average molecular weight is 249 g/mol. The number of nitrogens with one attached hydrogen (secondary N) is 1. The van der Waals surface area contributed by atoms with Crippen LogP contribution in [0.4, 0.5) is 4.79 Å². The van der Waals surface area contributed by atoms with Crippen molar-refractivity contribution in [1.29, 1.82) is 0 Å². The van der Waals surface area contributed by atoms with Crippen LogP contribution in [0.5, 0.6) is 0 Å². The molecule has 0 rings (SSSR count). The largest absolute Gasteiger partial charge is 0.464 e. The molecule has 0 fully saturated rings. The zero-order valence-corrected chi connectivity index (χ0v) is 10.8. The summed E-state index contributed by atoms with van der Waals surface area (Å²) in [5.74, 6) is 0.372. The first-order valence-electron chi connectivity index (χ1n) is 5.15. The number of methoxy groups -OCH3 is 1. The van der Waals surface area contributed by atoms with Gasteiger partial charge in [0, 0.05) is 0 Å². The van der Waals surface area contributed by atoms with E-state index in [9.17, 15) is 9.59 Å². The zero-order chi connectivity index (χ0) is 12.4. The predicted molar refractivity (Wildman–Crippen MR) is 63.6 cm³/mol. The van der Waals surface area contributed by atoms with Gasteiger partial charge < -0.3 is 14.8 Å². The monoisotopic (exact) mass is 249 g/mol. The third-order valence-corrected chi connectivity index (χ3v) is 2.47. The van der Waals surface area contributed by atoms with Crippen LogP contribution < -0.4 is 5.32 Å². The molecule has 0 radical (unpaired) electrons. The van der Waals surface area contributed by atoms with Crippen LogP contribution in [0, 0.1) is 0 Å². The van der Waals surface area contributed by atoms with Crippen LogP contribution in [0.2, 0.25) is 0 Å². The number of thioether (sulfide) groups is 1. The van der Waals surface area contributed by atoms with E-state index in [2.05, 4.69) is 10.1 Å². The van der Waals surface area contributed by atoms with Gasteiger partial charge in [-0.3, -0.25) is 0 Å². The summed E-state index contributed by atoms with van der Waals surface area (Å²) >= 11 is 1.61. The minimum absolute atomic E-state index is 0.372. The molecule has 0 saturated heterocycles. The number of carbonyl (C=O) groups excluding carboxylic acids is 2. The first-order valence-corrected chi connectivity index (χ1v) is 6.55. The molecule has 0 aliphatic heterocycles. The molecule has 0 unspecified atom stereocenters. The molecule has 1 N–H and O–H groups in total. The van der Waals surface area contributed by atoms with Crippen molar-refractivity contribution in [3.63, 3.8) is 0 Å². The fourth-order valence-corrected chi connectivity index (χ4v) is 1.46. The van der Waals surface area contributed by atoms with Crippen LogP contribution in [0.1, 0.15) is 19.8 Å². The molecule has 0 heterocycles. The molecule has 0 aromatic heterocycles. The van der Waals surface area contributed by atoms with Gasteiger partial charge >= 0.3 is 12.1 Å². The fraction of sp³-hybridized carbons (Fsp3) is 0.800. The van der Waals surface area contributed by atoms with Crippen molar-refractivity contribution in [1.82, 2.24) is 5.32 Å². The second kappa shape index (κ2) is 9.33. The Kier molecular flexibility index (Phi) is 8.80. The molecule has 0 bridgehead atoms. The van der Waals surface area contributed by atoms with Crippen molar-refractivity contribution >= 4 is 23.8 Å². The highest BCUT2D eigenvalue weighted by Crippen LogP contribution is 2.03. The van der Waals surface area contributed by atoms with Crippen LogP contribution in [0.15, 0.2) is 0 Å². The zero-order valence-electron chi connectivity index (χ0n) is 9.95. The summed E-state index contributed by atoms with van der Waals surface area (Å²) < 4.78 is 9.43. The molecule has 0 aromatic carbocycles. The van der Waals surface area contributed by atoms with E-state index < -0.39 is 18.1 Å². The molecule has 0 saturated carbocycles. The lowest BCUT2D eigenvalue weighted by Crippen LogP contribution is -2.42. The number of esters is 1. The minimum atomic E-state index is -0.619. The van der Waals surface area contributed by atoms with Gasteiger partial charge in [0.05, 0.1) is 13.7 Å². The Morgan fingerprint density at radius 3 is 2.62 bits per heavy atom. The summed E-state index contributed by atoms with van der Waals surface area (Å²) in [6.07, 6.45) is 2.63. The molecule has 6 heteroatoms. The highest BCUT2D eigenvalue weighted by Gasteiger charge is 2.21. The summed E-state index contributed by atoms with van der Waals surface area (Å²) in [5, 5.41) is 2.46. The molecule has 1 amide bonds. The van der Waals surface area contributed by atoms with Gasteiger partial charge in [-0.15, -0.1) is 0 Å². The third-order valence-electron chi connectivity index (χ3n) is 1.82. The Morgan fingerprint density at radius 1 is 1.44 bits per heavy atom. The Balaban J connectivity index is 4.17. The number of rotatable bonds is 7. The normalized spacial score (nSPS) is 11.7. The van der Waals surface area contributed by atoms with Crippen molar-refractivity contribution in [2.75, 3.05) is 25.7 Å². The molecule has 0 aromatic rings. The van der Waals surface area contributed by atoms with E-state index >= 15 is 0 Å². The average Bonchev–Trinajstić information content (AvgIpc) is 2.30. The second-order valence-electron chi connectivity index (χ2n) is 3.14.